The normalized spacial score (nSPS) is 11.8. The summed E-state index contributed by atoms with van der Waals surface area (Å²) in [5, 5.41) is 13.3. The van der Waals surface area contributed by atoms with Gasteiger partial charge in [-0.3, -0.25) is 14.0 Å². The lowest BCUT2D eigenvalue weighted by atomic mass is 10.0. The minimum atomic E-state index is -0.326. The van der Waals surface area contributed by atoms with Gasteiger partial charge in [0.1, 0.15) is 0 Å². The molecule has 0 aliphatic heterocycles. The number of aryl methyl sites for hydroxylation is 1. The van der Waals surface area contributed by atoms with Gasteiger partial charge in [0.05, 0.1) is 28.8 Å². The van der Waals surface area contributed by atoms with Crippen LogP contribution in [0, 0.1) is 11.8 Å². The molecule has 0 spiro atoms. The topological polar surface area (TPSA) is 108 Å². The number of pyridine rings is 1. The maximum Gasteiger partial charge on any atom is 0.264 e. The SMILES string of the molecule is C=C(N[C@@H](C)c1cc2cccc(C#Cc3cnn(C)c3)c2c(=O)n1-c1ccccc1)c1c(N)nn2cccnc12. The van der Waals surface area contributed by atoms with Gasteiger partial charge in [-0.25, -0.2) is 9.50 Å². The molecule has 4 heterocycles. The van der Waals surface area contributed by atoms with Crippen molar-refractivity contribution >= 4 is 27.9 Å². The van der Waals surface area contributed by atoms with Crippen molar-refractivity contribution in [3.8, 4) is 17.5 Å². The summed E-state index contributed by atoms with van der Waals surface area (Å²) in [5.41, 5.74) is 10.8. The van der Waals surface area contributed by atoms with E-state index < -0.39 is 0 Å². The minimum absolute atomic E-state index is 0.161. The standard InChI is InChI=1S/C31H26N8O/c1-20(35-21(2)27-29(32)36-38-16-8-15-33-30(27)38)26-17-24-10-7-9-23(14-13-22-18-34-37(3)19-22)28(24)31(40)39(26)25-11-5-4-6-12-25/h4-12,15-20,35H,2H2,1,3H3,(H2,32,36)/t20-/m0/s1. The molecule has 0 bridgehead atoms. The van der Waals surface area contributed by atoms with Crippen molar-refractivity contribution in [2.24, 2.45) is 7.05 Å². The lowest BCUT2D eigenvalue weighted by Gasteiger charge is -2.23. The molecule has 0 fully saturated rings. The number of fused-ring (bicyclic) bond motifs is 2. The fraction of sp³-hybridized carbons (Fsp3) is 0.0968. The molecule has 196 valence electrons. The Hall–Kier alpha value is -5.62. The van der Waals surface area contributed by atoms with Gasteiger partial charge in [-0.1, -0.05) is 48.8 Å². The summed E-state index contributed by atoms with van der Waals surface area (Å²) in [5.74, 6) is 6.63. The van der Waals surface area contributed by atoms with Crippen LogP contribution in [0.25, 0.3) is 27.8 Å². The predicted octanol–water partition coefficient (Wildman–Crippen LogP) is 4.07. The number of anilines is 1. The third-order valence-corrected chi connectivity index (χ3v) is 6.69. The van der Waals surface area contributed by atoms with Gasteiger partial charge >= 0.3 is 0 Å². The highest BCUT2D eigenvalue weighted by Crippen LogP contribution is 2.27. The van der Waals surface area contributed by atoms with Gasteiger partial charge in [-0.2, -0.15) is 5.10 Å². The van der Waals surface area contributed by atoms with E-state index in [0.29, 0.717) is 33.7 Å². The van der Waals surface area contributed by atoms with Crippen LogP contribution in [0.15, 0.2) is 96.8 Å². The number of nitrogens with two attached hydrogens (primary N) is 1. The van der Waals surface area contributed by atoms with E-state index in [0.717, 1.165) is 22.3 Å². The van der Waals surface area contributed by atoms with E-state index in [2.05, 4.69) is 38.9 Å². The van der Waals surface area contributed by atoms with Gasteiger partial charge < -0.3 is 11.1 Å². The molecule has 6 aromatic rings. The largest absolute Gasteiger partial charge is 0.382 e. The van der Waals surface area contributed by atoms with Gasteiger partial charge in [0.15, 0.2) is 11.5 Å². The van der Waals surface area contributed by atoms with Crippen LogP contribution in [-0.2, 0) is 7.05 Å². The van der Waals surface area contributed by atoms with Crippen LogP contribution in [0.5, 0.6) is 0 Å². The molecule has 9 nitrogen and oxygen atoms in total. The zero-order chi connectivity index (χ0) is 27.8. The summed E-state index contributed by atoms with van der Waals surface area (Å²) in [6, 6.07) is 18.7. The summed E-state index contributed by atoms with van der Waals surface area (Å²) in [6.45, 7) is 6.21. The molecule has 0 unspecified atom stereocenters. The minimum Gasteiger partial charge on any atom is -0.382 e. The monoisotopic (exact) mass is 526 g/mol. The second-order valence-electron chi connectivity index (χ2n) is 9.46. The lowest BCUT2D eigenvalue weighted by Crippen LogP contribution is -2.28. The fourth-order valence-electron chi connectivity index (χ4n) is 4.87. The molecule has 3 N–H and O–H groups in total. The van der Waals surface area contributed by atoms with E-state index in [1.807, 2.05) is 74.8 Å². The molecule has 1 atom stereocenters. The molecule has 40 heavy (non-hydrogen) atoms. The Balaban J connectivity index is 1.48. The maximum atomic E-state index is 14.2. The second kappa shape index (κ2) is 9.93. The van der Waals surface area contributed by atoms with Crippen molar-refractivity contribution in [3.05, 3.63) is 125 Å². The average Bonchev–Trinajstić information content (AvgIpc) is 3.53. The maximum absolute atomic E-state index is 14.2. The molecule has 0 saturated heterocycles. The van der Waals surface area contributed by atoms with Gasteiger partial charge in [0.25, 0.3) is 5.56 Å². The first kappa shape index (κ1) is 24.7. The Morgan fingerprint density at radius 3 is 2.70 bits per heavy atom. The average molecular weight is 527 g/mol. The smallest absolute Gasteiger partial charge is 0.264 e. The van der Waals surface area contributed by atoms with Gasteiger partial charge in [-0.05, 0) is 42.6 Å². The Morgan fingerprint density at radius 1 is 1.10 bits per heavy atom. The summed E-state index contributed by atoms with van der Waals surface area (Å²) >= 11 is 0. The van der Waals surface area contributed by atoms with Crippen LogP contribution in [0.1, 0.15) is 35.3 Å². The van der Waals surface area contributed by atoms with Crippen molar-refractivity contribution in [1.29, 1.82) is 0 Å². The van der Waals surface area contributed by atoms with Crippen molar-refractivity contribution in [2.75, 3.05) is 5.73 Å². The predicted molar refractivity (Wildman–Crippen MR) is 157 cm³/mol. The number of nitrogens with zero attached hydrogens (tertiary/aromatic N) is 6. The summed E-state index contributed by atoms with van der Waals surface area (Å²) in [7, 11) is 1.84. The number of hydrogen-bond donors (Lipinski definition) is 2. The molecular formula is C31H26N8O. The van der Waals surface area contributed by atoms with Crippen molar-refractivity contribution < 1.29 is 0 Å². The first-order valence-electron chi connectivity index (χ1n) is 12.7. The first-order valence-corrected chi connectivity index (χ1v) is 12.7. The number of para-hydroxylation sites is 1. The van der Waals surface area contributed by atoms with Crippen LogP contribution in [0.4, 0.5) is 5.82 Å². The Morgan fingerprint density at radius 2 is 1.93 bits per heavy atom. The number of aromatic nitrogens is 6. The van der Waals surface area contributed by atoms with Crippen LogP contribution in [-0.4, -0.2) is 28.9 Å². The van der Waals surface area contributed by atoms with Crippen molar-refractivity contribution in [2.45, 2.75) is 13.0 Å². The van der Waals surface area contributed by atoms with Crippen LogP contribution >= 0.6 is 0 Å². The Kier molecular flexibility index (Phi) is 6.13. The lowest BCUT2D eigenvalue weighted by molar-refractivity contribution is 0.652. The van der Waals surface area contributed by atoms with Crippen molar-refractivity contribution in [3.63, 3.8) is 0 Å². The van der Waals surface area contributed by atoms with E-state index in [1.54, 1.807) is 38.4 Å². The van der Waals surface area contributed by atoms with E-state index in [4.69, 9.17) is 5.73 Å². The summed E-state index contributed by atoms with van der Waals surface area (Å²) in [6.07, 6.45) is 7.00. The molecule has 4 aromatic heterocycles. The number of hydrogen-bond acceptors (Lipinski definition) is 6. The highest BCUT2D eigenvalue weighted by atomic mass is 16.1. The van der Waals surface area contributed by atoms with E-state index in [-0.39, 0.29) is 11.6 Å². The number of nitrogens with one attached hydrogen (secondary N) is 1. The highest BCUT2D eigenvalue weighted by Gasteiger charge is 2.21. The molecule has 0 radical (unpaired) electrons. The zero-order valence-electron chi connectivity index (χ0n) is 22.0. The summed E-state index contributed by atoms with van der Waals surface area (Å²) in [4.78, 5) is 18.6. The number of benzene rings is 2. The molecule has 9 heteroatoms. The molecule has 0 aliphatic rings. The van der Waals surface area contributed by atoms with Crippen molar-refractivity contribution in [1.82, 2.24) is 34.3 Å². The Labute approximate surface area is 230 Å². The van der Waals surface area contributed by atoms with Gasteiger partial charge in [0, 0.05) is 48.3 Å². The first-order chi connectivity index (χ1) is 19.4. The van der Waals surface area contributed by atoms with E-state index >= 15 is 0 Å². The zero-order valence-corrected chi connectivity index (χ0v) is 22.0. The number of rotatable bonds is 5. The van der Waals surface area contributed by atoms with Crippen LogP contribution in [0.3, 0.4) is 0 Å². The quantitative estimate of drug-likeness (QED) is 0.328. The van der Waals surface area contributed by atoms with Gasteiger partial charge in [0.2, 0.25) is 0 Å². The van der Waals surface area contributed by atoms with Crippen LogP contribution < -0.4 is 16.6 Å². The molecule has 0 aliphatic carbocycles. The molecular weight excluding hydrogens is 500 g/mol. The Bertz CT molecular complexity index is 2020. The van der Waals surface area contributed by atoms with E-state index in [9.17, 15) is 4.79 Å². The second-order valence-corrected chi connectivity index (χ2v) is 9.46. The molecule has 0 saturated carbocycles. The number of nitrogen functional groups attached to an aromatic ring is 1. The molecule has 0 amide bonds. The van der Waals surface area contributed by atoms with E-state index in [1.165, 1.54) is 0 Å². The molecule has 2 aromatic carbocycles. The third-order valence-electron chi connectivity index (χ3n) is 6.69. The fourth-order valence-corrected chi connectivity index (χ4v) is 4.87. The van der Waals surface area contributed by atoms with Gasteiger partial charge in [-0.15, -0.1) is 5.10 Å². The van der Waals surface area contributed by atoms with Crippen LogP contribution in [0.2, 0.25) is 0 Å². The molecule has 6 rings (SSSR count). The summed E-state index contributed by atoms with van der Waals surface area (Å²) < 4.78 is 5.03. The highest BCUT2D eigenvalue weighted by molar-refractivity contribution is 5.88. The third kappa shape index (κ3) is 4.37.